The number of fused-ring (bicyclic) bond motifs is 1. The third-order valence-electron chi connectivity index (χ3n) is 2.83. The molecule has 1 N–H and O–H groups in total. The fraction of sp³-hybridized carbons (Fsp3) is 0.308. The van der Waals surface area contributed by atoms with Gasteiger partial charge in [-0.1, -0.05) is 6.92 Å². The Hall–Kier alpha value is -1.98. The molecule has 0 amide bonds. The predicted molar refractivity (Wildman–Crippen MR) is 61.9 cm³/mol. The second kappa shape index (κ2) is 4.60. The van der Waals surface area contributed by atoms with Crippen molar-refractivity contribution in [3.8, 4) is 0 Å². The van der Waals surface area contributed by atoms with Crippen molar-refractivity contribution in [1.29, 1.82) is 0 Å². The van der Waals surface area contributed by atoms with Crippen molar-refractivity contribution in [3.05, 3.63) is 35.6 Å². The first-order valence-corrected chi connectivity index (χ1v) is 5.60. The molecule has 6 heteroatoms. The number of carboxylic acids is 1. The minimum Gasteiger partial charge on any atom is -0.481 e. The standard InChI is InChI=1S/C13H11F3O3/c1-7(4-12(17)18)11-6-8-5-9(13(14,15)16)2-3-10(8)19-11/h2-3,5-7H,4H2,1H3,(H,17,18). The number of carboxylic acid groups (broad SMARTS) is 1. The van der Waals surface area contributed by atoms with Crippen LogP contribution in [0.3, 0.4) is 0 Å². The molecule has 1 atom stereocenters. The van der Waals surface area contributed by atoms with Gasteiger partial charge in [0.1, 0.15) is 11.3 Å². The molecule has 2 aromatic rings. The van der Waals surface area contributed by atoms with E-state index < -0.39 is 17.7 Å². The zero-order valence-electron chi connectivity index (χ0n) is 9.99. The zero-order chi connectivity index (χ0) is 14.2. The second-order valence-electron chi connectivity index (χ2n) is 4.40. The Bertz CT molecular complexity index is 613. The average molecular weight is 272 g/mol. The van der Waals surface area contributed by atoms with Crippen LogP contribution >= 0.6 is 0 Å². The van der Waals surface area contributed by atoms with Gasteiger partial charge < -0.3 is 9.52 Å². The summed E-state index contributed by atoms with van der Waals surface area (Å²) in [5.74, 6) is -1.00. The first-order valence-electron chi connectivity index (χ1n) is 5.60. The van der Waals surface area contributed by atoms with Gasteiger partial charge in [-0.25, -0.2) is 0 Å². The normalized spacial score (nSPS) is 13.7. The van der Waals surface area contributed by atoms with Crippen LogP contribution in [0.5, 0.6) is 0 Å². The van der Waals surface area contributed by atoms with Gasteiger partial charge in [0.05, 0.1) is 12.0 Å². The molecule has 102 valence electrons. The number of hydrogen-bond acceptors (Lipinski definition) is 2. The molecule has 1 heterocycles. The van der Waals surface area contributed by atoms with Crippen molar-refractivity contribution in [2.45, 2.75) is 25.4 Å². The van der Waals surface area contributed by atoms with E-state index in [0.717, 1.165) is 12.1 Å². The number of carbonyl (C=O) groups is 1. The van der Waals surface area contributed by atoms with Crippen molar-refractivity contribution < 1.29 is 27.5 Å². The molecule has 0 saturated heterocycles. The van der Waals surface area contributed by atoms with Crippen LogP contribution in [0, 0.1) is 0 Å². The number of hydrogen-bond donors (Lipinski definition) is 1. The maximum Gasteiger partial charge on any atom is 0.416 e. The van der Waals surface area contributed by atoms with Gasteiger partial charge in [0.25, 0.3) is 0 Å². The quantitative estimate of drug-likeness (QED) is 0.917. The van der Waals surface area contributed by atoms with E-state index in [1.165, 1.54) is 12.1 Å². The van der Waals surface area contributed by atoms with Gasteiger partial charge in [-0.2, -0.15) is 13.2 Å². The van der Waals surface area contributed by atoms with E-state index >= 15 is 0 Å². The molecule has 0 aliphatic heterocycles. The van der Waals surface area contributed by atoms with Crippen molar-refractivity contribution in [2.24, 2.45) is 0 Å². The van der Waals surface area contributed by atoms with Crippen LogP contribution in [0.1, 0.15) is 30.6 Å². The molecule has 2 rings (SSSR count). The highest BCUT2D eigenvalue weighted by atomic mass is 19.4. The summed E-state index contributed by atoms with van der Waals surface area (Å²) in [4.78, 5) is 10.6. The van der Waals surface area contributed by atoms with Gasteiger partial charge in [-0.05, 0) is 24.3 Å². The van der Waals surface area contributed by atoms with E-state index in [1.54, 1.807) is 6.92 Å². The topological polar surface area (TPSA) is 50.4 Å². The Morgan fingerprint density at radius 3 is 2.63 bits per heavy atom. The van der Waals surface area contributed by atoms with Crippen LogP contribution in [0.15, 0.2) is 28.7 Å². The molecule has 0 spiro atoms. The molecule has 0 aliphatic rings. The number of rotatable bonds is 3. The minimum absolute atomic E-state index is 0.133. The Morgan fingerprint density at radius 2 is 2.05 bits per heavy atom. The maximum absolute atomic E-state index is 12.5. The molecular formula is C13H11F3O3. The minimum atomic E-state index is -4.40. The third kappa shape index (κ3) is 2.89. The average Bonchev–Trinajstić information content (AvgIpc) is 2.69. The third-order valence-corrected chi connectivity index (χ3v) is 2.83. The number of benzene rings is 1. The summed E-state index contributed by atoms with van der Waals surface area (Å²) < 4.78 is 43.0. The summed E-state index contributed by atoms with van der Waals surface area (Å²) in [6.45, 7) is 1.65. The lowest BCUT2D eigenvalue weighted by atomic mass is 10.0. The monoisotopic (exact) mass is 272 g/mol. The molecule has 0 aliphatic carbocycles. The smallest absolute Gasteiger partial charge is 0.416 e. The Morgan fingerprint density at radius 1 is 1.37 bits per heavy atom. The van der Waals surface area contributed by atoms with E-state index in [0.29, 0.717) is 16.7 Å². The van der Waals surface area contributed by atoms with Gasteiger partial charge in [0.2, 0.25) is 0 Å². The van der Waals surface area contributed by atoms with Gasteiger partial charge in [0.15, 0.2) is 0 Å². The van der Waals surface area contributed by atoms with Crippen molar-refractivity contribution in [3.63, 3.8) is 0 Å². The van der Waals surface area contributed by atoms with Crippen LogP contribution in [-0.4, -0.2) is 11.1 Å². The Labute approximate surface area is 106 Å². The molecule has 0 saturated carbocycles. The SMILES string of the molecule is CC(CC(=O)O)c1cc2cc(C(F)(F)F)ccc2o1. The molecule has 3 nitrogen and oxygen atoms in total. The summed E-state index contributed by atoms with van der Waals surface area (Å²) in [6.07, 6.45) is -4.54. The Kier molecular flexibility index (Phi) is 3.26. The molecule has 19 heavy (non-hydrogen) atoms. The number of aliphatic carboxylic acids is 1. The van der Waals surface area contributed by atoms with Gasteiger partial charge in [-0.3, -0.25) is 4.79 Å². The van der Waals surface area contributed by atoms with E-state index in [9.17, 15) is 18.0 Å². The molecule has 1 unspecified atom stereocenters. The molecule has 1 aromatic carbocycles. The lowest BCUT2D eigenvalue weighted by molar-refractivity contribution is -0.138. The molecule has 0 fully saturated rings. The predicted octanol–water partition coefficient (Wildman–Crippen LogP) is 4.03. The van der Waals surface area contributed by atoms with Gasteiger partial charge in [0, 0.05) is 11.3 Å². The van der Waals surface area contributed by atoms with Crippen molar-refractivity contribution in [2.75, 3.05) is 0 Å². The number of alkyl halides is 3. The summed E-state index contributed by atoms with van der Waals surface area (Å²) in [5, 5.41) is 9.00. The summed E-state index contributed by atoms with van der Waals surface area (Å²) in [7, 11) is 0. The van der Waals surface area contributed by atoms with Crippen LogP contribution in [0.4, 0.5) is 13.2 Å². The summed E-state index contributed by atoms with van der Waals surface area (Å²) in [6, 6.07) is 4.64. The first kappa shape index (κ1) is 13.5. The van der Waals surface area contributed by atoms with Gasteiger partial charge >= 0.3 is 12.1 Å². The highest BCUT2D eigenvalue weighted by molar-refractivity contribution is 5.79. The van der Waals surface area contributed by atoms with Crippen LogP contribution in [-0.2, 0) is 11.0 Å². The highest BCUT2D eigenvalue weighted by Crippen LogP contribution is 2.33. The van der Waals surface area contributed by atoms with E-state index in [4.69, 9.17) is 9.52 Å². The highest BCUT2D eigenvalue weighted by Gasteiger charge is 2.30. The molecule has 0 radical (unpaired) electrons. The summed E-state index contributed by atoms with van der Waals surface area (Å²) in [5.41, 5.74) is -0.432. The summed E-state index contributed by atoms with van der Waals surface area (Å²) >= 11 is 0. The van der Waals surface area contributed by atoms with Crippen molar-refractivity contribution in [1.82, 2.24) is 0 Å². The largest absolute Gasteiger partial charge is 0.481 e. The molecule has 1 aromatic heterocycles. The fourth-order valence-corrected chi connectivity index (χ4v) is 1.85. The van der Waals surface area contributed by atoms with Crippen LogP contribution < -0.4 is 0 Å². The second-order valence-corrected chi connectivity index (χ2v) is 4.40. The lowest BCUT2D eigenvalue weighted by Crippen LogP contribution is -2.03. The molecular weight excluding hydrogens is 261 g/mol. The van der Waals surface area contributed by atoms with Crippen LogP contribution in [0.25, 0.3) is 11.0 Å². The number of halogens is 3. The Balaban J connectivity index is 2.38. The first-order chi connectivity index (χ1) is 8.77. The zero-order valence-corrected chi connectivity index (χ0v) is 9.99. The van der Waals surface area contributed by atoms with E-state index in [1.807, 2.05) is 0 Å². The van der Waals surface area contributed by atoms with Gasteiger partial charge in [-0.15, -0.1) is 0 Å². The van der Waals surface area contributed by atoms with E-state index in [-0.39, 0.29) is 12.3 Å². The number of furan rings is 1. The maximum atomic E-state index is 12.5. The van der Waals surface area contributed by atoms with Crippen molar-refractivity contribution >= 4 is 16.9 Å². The van der Waals surface area contributed by atoms with Crippen LogP contribution in [0.2, 0.25) is 0 Å². The fourth-order valence-electron chi connectivity index (χ4n) is 1.85. The lowest BCUT2D eigenvalue weighted by Gasteiger charge is -2.05. The van der Waals surface area contributed by atoms with E-state index in [2.05, 4.69) is 0 Å². The molecule has 0 bridgehead atoms.